The highest BCUT2D eigenvalue weighted by Crippen LogP contribution is 2.26. The van der Waals surface area contributed by atoms with Crippen LogP contribution in [0.25, 0.3) is 0 Å². The fourth-order valence-electron chi connectivity index (χ4n) is 3.14. The summed E-state index contributed by atoms with van der Waals surface area (Å²) in [7, 11) is 0. The summed E-state index contributed by atoms with van der Waals surface area (Å²) in [6, 6.07) is 10.1. The molecular formula is C21H32O3. The van der Waals surface area contributed by atoms with Crippen molar-refractivity contribution in [3.05, 3.63) is 48.2 Å². The molecule has 0 unspecified atom stereocenters. The molecule has 134 valence electrons. The van der Waals surface area contributed by atoms with Crippen molar-refractivity contribution >= 4 is 0 Å². The molecule has 3 nitrogen and oxygen atoms in total. The van der Waals surface area contributed by atoms with Gasteiger partial charge in [-0.25, -0.2) is 0 Å². The maximum atomic E-state index is 10.7. The highest BCUT2D eigenvalue weighted by molar-refractivity contribution is 5.13. The van der Waals surface area contributed by atoms with Crippen molar-refractivity contribution in [1.29, 1.82) is 0 Å². The maximum absolute atomic E-state index is 10.7. The number of ether oxygens (including phenoxy) is 2. The summed E-state index contributed by atoms with van der Waals surface area (Å²) < 4.78 is 11.4. The smallest absolute Gasteiger partial charge is 0.113 e. The third kappa shape index (κ3) is 7.06. The molecule has 1 aliphatic rings. The Morgan fingerprint density at radius 1 is 1.12 bits per heavy atom. The zero-order valence-electron chi connectivity index (χ0n) is 15.0. The minimum atomic E-state index is -0.903. The van der Waals surface area contributed by atoms with Crippen LogP contribution in [0, 0.1) is 0 Å². The molecule has 2 atom stereocenters. The number of benzene rings is 1. The highest BCUT2D eigenvalue weighted by atomic mass is 16.5. The third-order valence-electron chi connectivity index (χ3n) is 4.57. The lowest BCUT2D eigenvalue weighted by Crippen LogP contribution is -2.39. The minimum absolute atomic E-state index is 0.103. The Morgan fingerprint density at radius 2 is 1.88 bits per heavy atom. The Morgan fingerprint density at radius 3 is 2.67 bits per heavy atom. The largest absolute Gasteiger partial charge is 0.498 e. The van der Waals surface area contributed by atoms with Crippen molar-refractivity contribution in [2.24, 2.45) is 0 Å². The summed E-state index contributed by atoms with van der Waals surface area (Å²) in [5.41, 5.74) is 0.223. The fourth-order valence-corrected chi connectivity index (χ4v) is 3.14. The predicted octanol–water partition coefficient (Wildman–Crippen LogP) is 4.99. The second-order valence-corrected chi connectivity index (χ2v) is 6.90. The average Bonchev–Trinajstić information content (AvgIpc) is 2.59. The molecule has 1 aromatic carbocycles. The van der Waals surface area contributed by atoms with Crippen LogP contribution in [-0.2, 0) is 16.1 Å². The monoisotopic (exact) mass is 332 g/mol. The van der Waals surface area contributed by atoms with Gasteiger partial charge in [0.15, 0.2) is 0 Å². The first-order chi connectivity index (χ1) is 11.7. The van der Waals surface area contributed by atoms with Crippen molar-refractivity contribution in [2.45, 2.75) is 76.6 Å². The van der Waals surface area contributed by atoms with Gasteiger partial charge < -0.3 is 14.6 Å². The van der Waals surface area contributed by atoms with E-state index in [4.69, 9.17) is 9.47 Å². The molecule has 0 spiro atoms. The van der Waals surface area contributed by atoms with Crippen LogP contribution in [0.1, 0.15) is 63.9 Å². The zero-order valence-corrected chi connectivity index (χ0v) is 15.0. The SMILES string of the molecule is CCCCCCCC[C@@H]1C[C@@](O)(COCc2ccccc2)C=CO1. The predicted molar refractivity (Wildman–Crippen MR) is 97.7 cm³/mol. The van der Waals surface area contributed by atoms with E-state index in [9.17, 15) is 5.11 Å². The first kappa shape index (κ1) is 19.0. The minimum Gasteiger partial charge on any atom is -0.498 e. The quantitative estimate of drug-likeness (QED) is 0.580. The van der Waals surface area contributed by atoms with Gasteiger partial charge in [0.25, 0.3) is 0 Å². The molecule has 0 bridgehead atoms. The van der Waals surface area contributed by atoms with E-state index in [-0.39, 0.29) is 6.10 Å². The molecule has 24 heavy (non-hydrogen) atoms. The topological polar surface area (TPSA) is 38.7 Å². The van der Waals surface area contributed by atoms with Gasteiger partial charge in [0.05, 0.1) is 19.5 Å². The van der Waals surface area contributed by atoms with Gasteiger partial charge in [0.2, 0.25) is 0 Å². The Balaban J connectivity index is 1.65. The summed E-state index contributed by atoms with van der Waals surface area (Å²) in [6.45, 7) is 3.08. The van der Waals surface area contributed by atoms with E-state index in [0.717, 1.165) is 12.0 Å². The van der Waals surface area contributed by atoms with E-state index in [1.807, 2.05) is 30.3 Å². The maximum Gasteiger partial charge on any atom is 0.113 e. The van der Waals surface area contributed by atoms with E-state index >= 15 is 0 Å². The van der Waals surface area contributed by atoms with Crippen molar-refractivity contribution in [3.63, 3.8) is 0 Å². The van der Waals surface area contributed by atoms with Gasteiger partial charge in [-0.3, -0.25) is 0 Å². The highest BCUT2D eigenvalue weighted by Gasteiger charge is 2.32. The van der Waals surface area contributed by atoms with E-state index in [2.05, 4.69) is 6.92 Å². The van der Waals surface area contributed by atoms with Crippen molar-refractivity contribution in [2.75, 3.05) is 6.61 Å². The number of aliphatic hydroxyl groups is 1. The van der Waals surface area contributed by atoms with Gasteiger partial charge in [-0.15, -0.1) is 0 Å². The Kier molecular flexibility index (Phi) is 8.34. The molecule has 2 rings (SSSR count). The van der Waals surface area contributed by atoms with Crippen LogP contribution >= 0.6 is 0 Å². The van der Waals surface area contributed by atoms with Gasteiger partial charge in [-0.2, -0.15) is 0 Å². The van der Waals surface area contributed by atoms with Crippen LogP contribution in [-0.4, -0.2) is 23.4 Å². The van der Waals surface area contributed by atoms with Gasteiger partial charge >= 0.3 is 0 Å². The summed E-state index contributed by atoms with van der Waals surface area (Å²) in [5.74, 6) is 0. The first-order valence-electron chi connectivity index (χ1n) is 9.39. The van der Waals surface area contributed by atoms with Crippen LogP contribution in [0.2, 0.25) is 0 Å². The van der Waals surface area contributed by atoms with Crippen molar-refractivity contribution in [1.82, 2.24) is 0 Å². The second kappa shape index (κ2) is 10.5. The van der Waals surface area contributed by atoms with Crippen LogP contribution < -0.4 is 0 Å². The molecule has 0 radical (unpaired) electrons. The van der Waals surface area contributed by atoms with E-state index < -0.39 is 5.60 Å². The van der Waals surface area contributed by atoms with Gasteiger partial charge in [-0.05, 0) is 24.5 Å². The summed E-state index contributed by atoms with van der Waals surface area (Å²) >= 11 is 0. The second-order valence-electron chi connectivity index (χ2n) is 6.90. The molecule has 0 fully saturated rings. The lowest BCUT2D eigenvalue weighted by atomic mass is 9.92. The fraction of sp³-hybridized carbons (Fsp3) is 0.619. The Labute approximate surface area is 146 Å². The summed E-state index contributed by atoms with van der Waals surface area (Å²) in [4.78, 5) is 0. The normalized spacial score (nSPS) is 23.2. The molecule has 0 aromatic heterocycles. The molecule has 0 saturated heterocycles. The molecule has 1 N–H and O–H groups in total. The Bertz CT molecular complexity index is 471. The molecular weight excluding hydrogens is 300 g/mol. The van der Waals surface area contributed by atoms with Crippen LogP contribution in [0.4, 0.5) is 0 Å². The Hall–Kier alpha value is -1.32. The standard InChI is InChI=1S/C21H32O3/c1-2-3-4-5-6-10-13-20-16-21(22,14-15-24-20)18-23-17-19-11-8-7-9-12-19/h7-9,11-12,14-15,20,22H,2-6,10,13,16-18H2,1H3/t20-,21-/m1/s1. The molecule has 3 heteroatoms. The van der Waals surface area contributed by atoms with Gasteiger partial charge in [0.1, 0.15) is 11.7 Å². The molecule has 0 amide bonds. The zero-order chi connectivity index (χ0) is 17.1. The summed E-state index contributed by atoms with van der Waals surface area (Å²) in [5, 5.41) is 10.7. The van der Waals surface area contributed by atoms with E-state index in [1.54, 1.807) is 12.3 Å². The van der Waals surface area contributed by atoms with Gasteiger partial charge in [-0.1, -0.05) is 69.4 Å². The number of unbranched alkanes of at least 4 members (excludes halogenated alkanes) is 5. The number of rotatable bonds is 11. The van der Waals surface area contributed by atoms with Crippen molar-refractivity contribution < 1.29 is 14.6 Å². The van der Waals surface area contributed by atoms with Crippen LogP contribution in [0.5, 0.6) is 0 Å². The van der Waals surface area contributed by atoms with Crippen LogP contribution in [0.15, 0.2) is 42.7 Å². The first-order valence-corrected chi connectivity index (χ1v) is 9.39. The molecule has 1 aliphatic heterocycles. The van der Waals surface area contributed by atoms with Gasteiger partial charge in [0, 0.05) is 6.42 Å². The number of hydrogen-bond donors (Lipinski definition) is 1. The third-order valence-corrected chi connectivity index (χ3v) is 4.57. The molecule has 0 aliphatic carbocycles. The van der Waals surface area contributed by atoms with E-state index in [0.29, 0.717) is 19.6 Å². The average molecular weight is 332 g/mol. The lowest BCUT2D eigenvalue weighted by molar-refractivity contribution is -0.0643. The summed E-state index contributed by atoms with van der Waals surface area (Å²) in [6.07, 6.45) is 12.8. The van der Waals surface area contributed by atoms with E-state index in [1.165, 1.54) is 38.5 Å². The number of hydrogen-bond acceptors (Lipinski definition) is 3. The molecule has 1 aromatic rings. The van der Waals surface area contributed by atoms with Crippen LogP contribution in [0.3, 0.4) is 0 Å². The molecule has 1 heterocycles. The van der Waals surface area contributed by atoms with Crippen molar-refractivity contribution in [3.8, 4) is 0 Å². The lowest BCUT2D eigenvalue weighted by Gasteiger charge is -2.32. The molecule has 0 saturated carbocycles.